The predicted molar refractivity (Wildman–Crippen MR) is 132 cm³/mol. The van der Waals surface area contributed by atoms with E-state index in [-0.39, 0.29) is 95.1 Å². The molecular formula is C20H23N7Na2O7. The first-order valence-electron chi connectivity index (χ1n) is 10.2. The van der Waals surface area contributed by atoms with Crippen molar-refractivity contribution in [3.05, 3.63) is 40.2 Å². The van der Waals surface area contributed by atoms with Crippen LogP contribution >= 0.6 is 0 Å². The number of nitrogen functional groups attached to an aromatic ring is 1. The number of H-pyrrole nitrogens is 1. The van der Waals surface area contributed by atoms with E-state index in [0.29, 0.717) is 18.6 Å². The van der Waals surface area contributed by atoms with Gasteiger partial charge in [0.25, 0.3) is 11.5 Å². The topological polar surface area (TPSA) is 220 Å². The Morgan fingerprint density at radius 3 is 2.47 bits per heavy atom. The van der Waals surface area contributed by atoms with Crippen molar-refractivity contribution in [2.75, 3.05) is 34.4 Å². The number of carbonyl (C=O) groups excluding carboxylic acids is 2. The van der Waals surface area contributed by atoms with Gasteiger partial charge in [-0.1, -0.05) is 0 Å². The van der Waals surface area contributed by atoms with E-state index in [0.717, 1.165) is 0 Å². The summed E-state index contributed by atoms with van der Waals surface area (Å²) in [6.07, 6.45) is -0.101. The van der Waals surface area contributed by atoms with Gasteiger partial charge in [-0.2, -0.15) is 4.98 Å². The van der Waals surface area contributed by atoms with Gasteiger partial charge in [0, 0.05) is 89.9 Å². The number of fused-ring (bicyclic) bond motifs is 1. The van der Waals surface area contributed by atoms with Gasteiger partial charge in [0.1, 0.15) is 6.04 Å². The molecule has 2 aromatic rings. The standard InChI is InChI=1S/C20H23N7O7.2Na/c21-20-25-16-15(18(32)26-20)27(9-28)12(8-23-16)7-22-11-3-1-10(2-4-11)17(31)24-13(19(33)34)5-6-14(29)30;;/h1-4,9,12-13,22H,5-8H2,(H,24,31)(H,29,30)(H,33,34)(H4,21,23,25,26,32);;/t12?,13-;;/m0../s1. The summed E-state index contributed by atoms with van der Waals surface area (Å²) in [6, 6.07) is 4.36. The molecule has 2 atom stereocenters. The molecule has 0 fully saturated rings. The van der Waals surface area contributed by atoms with Crippen molar-refractivity contribution in [2.45, 2.75) is 24.9 Å². The summed E-state index contributed by atoms with van der Waals surface area (Å²) in [5.74, 6) is -3.00. The van der Waals surface area contributed by atoms with Crippen LogP contribution in [0.15, 0.2) is 29.1 Å². The van der Waals surface area contributed by atoms with E-state index in [2.05, 4.69) is 25.9 Å². The van der Waals surface area contributed by atoms with Crippen LogP contribution in [0.5, 0.6) is 0 Å². The van der Waals surface area contributed by atoms with Gasteiger partial charge in [0.2, 0.25) is 12.4 Å². The maximum Gasteiger partial charge on any atom is 0.326 e. The second-order valence-electron chi connectivity index (χ2n) is 7.45. The summed E-state index contributed by atoms with van der Waals surface area (Å²) in [6.45, 7) is 0.568. The van der Waals surface area contributed by atoms with Gasteiger partial charge < -0.3 is 36.8 Å². The maximum atomic E-state index is 12.3. The van der Waals surface area contributed by atoms with Crippen LogP contribution in [-0.2, 0) is 14.4 Å². The summed E-state index contributed by atoms with van der Waals surface area (Å²) in [5, 5.41) is 26.3. The molecule has 1 aromatic carbocycles. The number of hydrogen-bond acceptors (Lipinski definition) is 9. The van der Waals surface area contributed by atoms with Gasteiger partial charge in [0.15, 0.2) is 11.5 Å². The molecule has 0 spiro atoms. The Balaban J connectivity index is 0.00000324. The molecule has 14 nitrogen and oxygen atoms in total. The average molecular weight is 519 g/mol. The van der Waals surface area contributed by atoms with Crippen LogP contribution < -0.4 is 32.1 Å². The Morgan fingerprint density at radius 1 is 1.22 bits per heavy atom. The summed E-state index contributed by atoms with van der Waals surface area (Å²) >= 11 is 0. The average Bonchev–Trinajstić information content (AvgIpc) is 2.79. The minimum absolute atomic E-state index is 0. The molecule has 0 saturated carbocycles. The molecule has 0 aliphatic carbocycles. The number of nitrogens with two attached hydrogens (primary N) is 1. The number of rotatable bonds is 10. The van der Waals surface area contributed by atoms with Crippen LogP contribution in [0.4, 0.5) is 23.1 Å². The Kier molecular flexibility index (Phi) is 12.4. The molecule has 1 unspecified atom stereocenters. The molecule has 16 heteroatoms. The molecule has 1 aliphatic rings. The van der Waals surface area contributed by atoms with E-state index in [1.165, 1.54) is 17.0 Å². The maximum absolute atomic E-state index is 12.3. The van der Waals surface area contributed by atoms with Gasteiger partial charge >= 0.3 is 11.9 Å². The van der Waals surface area contributed by atoms with Crippen molar-refractivity contribution in [1.82, 2.24) is 15.3 Å². The van der Waals surface area contributed by atoms with Crippen LogP contribution in [0.3, 0.4) is 0 Å². The number of nitrogens with zero attached hydrogens (tertiary/aromatic N) is 2. The first-order chi connectivity index (χ1) is 16.2. The number of amides is 2. The predicted octanol–water partition coefficient (Wildman–Crippen LogP) is -1.49. The fourth-order valence-corrected chi connectivity index (χ4v) is 3.39. The summed E-state index contributed by atoms with van der Waals surface area (Å²) in [5.41, 5.74) is 5.84. The van der Waals surface area contributed by atoms with Crippen molar-refractivity contribution < 1.29 is 29.4 Å². The second kappa shape index (κ2) is 14.2. The Hall–Kier alpha value is -2.62. The molecule has 2 radical (unpaired) electrons. The number of anilines is 4. The minimum atomic E-state index is -1.33. The molecule has 0 saturated heterocycles. The summed E-state index contributed by atoms with van der Waals surface area (Å²) < 4.78 is 0. The quantitative estimate of drug-likeness (QED) is 0.142. The molecule has 3 rings (SSSR count). The van der Waals surface area contributed by atoms with E-state index < -0.39 is 41.9 Å². The van der Waals surface area contributed by atoms with Crippen LogP contribution in [0.25, 0.3) is 0 Å². The van der Waals surface area contributed by atoms with Crippen molar-refractivity contribution >= 4 is 107 Å². The molecule has 1 aromatic heterocycles. The van der Waals surface area contributed by atoms with Crippen LogP contribution in [-0.4, -0.2) is 129 Å². The number of benzene rings is 1. The third-order valence-corrected chi connectivity index (χ3v) is 5.12. The molecule has 0 bridgehead atoms. The second-order valence-corrected chi connectivity index (χ2v) is 7.45. The number of aliphatic carboxylic acids is 2. The first kappa shape index (κ1) is 31.4. The van der Waals surface area contributed by atoms with Crippen molar-refractivity contribution in [2.24, 2.45) is 0 Å². The molecule has 1 aliphatic heterocycles. The van der Waals surface area contributed by atoms with E-state index in [4.69, 9.17) is 10.8 Å². The fraction of sp³-hybridized carbons (Fsp3) is 0.300. The van der Waals surface area contributed by atoms with Crippen LogP contribution in [0.2, 0.25) is 0 Å². The smallest absolute Gasteiger partial charge is 0.326 e. The zero-order valence-electron chi connectivity index (χ0n) is 19.8. The van der Waals surface area contributed by atoms with Crippen molar-refractivity contribution in [3.63, 3.8) is 0 Å². The zero-order chi connectivity index (χ0) is 24.8. The van der Waals surface area contributed by atoms with Crippen LogP contribution in [0, 0.1) is 0 Å². The number of nitrogens with one attached hydrogen (secondary N) is 4. The Morgan fingerprint density at radius 2 is 1.89 bits per heavy atom. The number of carboxylic acid groups (broad SMARTS) is 2. The number of aromatic amines is 1. The summed E-state index contributed by atoms with van der Waals surface area (Å²) in [4.78, 5) is 65.7. The third-order valence-electron chi connectivity index (χ3n) is 5.12. The number of carboxylic acids is 2. The summed E-state index contributed by atoms with van der Waals surface area (Å²) in [7, 11) is 0. The molecular weight excluding hydrogens is 496 g/mol. The molecule has 36 heavy (non-hydrogen) atoms. The van der Waals surface area contributed by atoms with E-state index in [9.17, 15) is 29.1 Å². The largest absolute Gasteiger partial charge is 0.481 e. The number of hydrogen-bond donors (Lipinski definition) is 7. The van der Waals surface area contributed by atoms with Crippen molar-refractivity contribution in [1.29, 1.82) is 0 Å². The Labute approximate surface area is 249 Å². The van der Waals surface area contributed by atoms with Gasteiger partial charge in [-0.3, -0.25) is 24.2 Å². The SMILES string of the molecule is Nc1nc2c(c(=O)[nH]1)N(C=O)C(CNc1ccc(C(=O)N[C@@H](CCC(=O)O)C(=O)O)cc1)CN2.[Na].[Na]. The van der Waals surface area contributed by atoms with Gasteiger partial charge in [-0.15, -0.1) is 0 Å². The van der Waals surface area contributed by atoms with Gasteiger partial charge in [-0.25, -0.2) is 4.79 Å². The van der Waals surface area contributed by atoms with Crippen molar-refractivity contribution in [3.8, 4) is 0 Å². The minimum Gasteiger partial charge on any atom is -0.481 e. The van der Waals surface area contributed by atoms with Crippen LogP contribution in [0.1, 0.15) is 23.2 Å². The molecule has 2 amide bonds. The monoisotopic (exact) mass is 519 g/mol. The molecule has 182 valence electrons. The van der Waals surface area contributed by atoms with E-state index >= 15 is 0 Å². The normalized spacial score (nSPS) is 14.6. The molecule has 8 N–H and O–H groups in total. The fourth-order valence-electron chi connectivity index (χ4n) is 3.39. The number of carbonyl (C=O) groups is 4. The molecule has 2 heterocycles. The van der Waals surface area contributed by atoms with Gasteiger partial charge in [0.05, 0.1) is 6.04 Å². The Bertz CT molecular complexity index is 1160. The number of aromatic nitrogens is 2. The van der Waals surface area contributed by atoms with E-state index in [1.54, 1.807) is 12.1 Å². The van der Waals surface area contributed by atoms with Gasteiger partial charge in [-0.05, 0) is 30.7 Å². The van der Waals surface area contributed by atoms with E-state index in [1.807, 2.05) is 0 Å². The first-order valence-corrected chi connectivity index (χ1v) is 10.2. The third kappa shape index (κ3) is 7.94. The zero-order valence-corrected chi connectivity index (χ0v) is 23.8.